The zero-order valence-corrected chi connectivity index (χ0v) is 12.3. The van der Waals surface area contributed by atoms with E-state index in [0.717, 1.165) is 32.1 Å². The van der Waals surface area contributed by atoms with E-state index in [4.69, 9.17) is 5.73 Å². The van der Waals surface area contributed by atoms with Crippen molar-refractivity contribution in [1.82, 2.24) is 5.32 Å². The Morgan fingerprint density at radius 3 is 2.32 bits per heavy atom. The molecule has 0 bridgehead atoms. The van der Waals surface area contributed by atoms with E-state index < -0.39 is 26.5 Å². The third-order valence-electron chi connectivity index (χ3n) is 4.61. The van der Waals surface area contributed by atoms with Gasteiger partial charge in [0.25, 0.3) is 0 Å². The molecule has 0 spiro atoms. The second-order valence-electron chi connectivity index (χ2n) is 6.03. The maximum atomic E-state index is 11.9. The summed E-state index contributed by atoms with van der Waals surface area (Å²) < 4.78 is 23.9. The van der Waals surface area contributed by atoms with Gasteiger partial charge < -0.3 is 5.73 Å². The second-order valence-corrected chi connectivity index (χ2v) is 8.25. The number of amides is 1. The molecule has 2 atom stereocenters. The molecule has 2 fully saturated rings. The number of hydrogen-bond acceptors (Lipinski definition) is 4. The van der Waals surface area contributed by atoms with Gasteiger partial charge in [-0.05, 0) is 32.1 Å². The first kappa shape index (κ1) is 14.8. The maximum Gasteiger partial charge on any atom is 0.239 e. The lowest BCUT2D eigenvalue weighted by atomic mass is 9.89. The molecule has 2 saturated carbocycles. The molecule has 2 rings (SSSR count). The number of carbonyl (C=O) groups excluding carboxylic acids is 1. The van der Waals surface area contributed by atoms with Crippen LogP contribution in [0.2, 0.25) is 0 Å². The molecule has 2 unspecified atom stereocenters. The van der Waals surface area contributed by atoms with Crippen molar-refractivity contribution < 1.29 is 13.2 Å². The van der Waals surface area contributed by atoms with E-state index in [9.17, 15) is 13.2 Å². The van der Waals surface area contributed by atoms with Gasteiger partial charge in [0, 0.05) is 12.3 Å². The summed E-state index contributed by atoms with van der Waals surface area (Å²) in [7, 11) is -3.27. The molecule has 2 aliphatic carbocycles. The molecule has 0 aromatic carbocycles. The lowest BCUT2D eigenvalue weighted by molar-refractivity contribution is -0.124. The van der Waals surface area contributed by atoms with E-state index in [1.54, 1.807) is 0 Å². The molecule has 0 radical (unpaired) electrons. The molecule has 1 amide bonds. The van der Waals surface area contributed by atoms with Crippen LogP contribution in [0, 0.1) is 0 Å². The smallest absolute Gasteiger partial charge is 0.239 e. The Morgan fingerprint density at radius 2 is 1.79 bits per heavy atom. The topological polar surface area (TPSA) is 89.3 Å². The van der Waals surface area contributed by atoms with E-state index in [2.05, 4.69) is 5.32 Å². The van der Waals surface area contributed by atoms with E-state index in [1.807, 2.05) is 0 Å². The summed E-state index contributed by atoms with van der Waals surface area (Å²) in [4.78, 5) is 11.9. The van der Waals surface area contributed by atoms with Crippen molar-refractivity contribution in [2.75, 3.05) is 6.26 Å². The fraction of sp³-hybridized carbons (Fsp3) is 0.923. The Bertz CT molecular complexity index is 443. The quantitative estimate of drug-likeness (QED) is 0.798. The molecule has 2 aliphatic rings. The molecule has 5 nitrogen and oxygen atoms in total. The highest BCUT2D eigenvalue weighted by molar-refractivity contribution is 7.91. The number of primary amides is 1. The number of carbonyl (C=O) groups is 1. The van der Waals surface area contributed by atoms with Gasteiger partial charge in [-0.3, -0.25) is 10.1 Å². The van der Waals surface area contributed by atoms with Crippen molar-refractivity contribution in [3.8, 4) is 0 Å². The average Bonchev–Trinajstić information content (AvgIpc) is 2.75. The van der Waals surface area contributed by atoms with Crippen LogP contribution in [0.3, 0.4) is 0 Å². The fourth-order valence-electron chi connectivity index (χ4n) is 3.68. The van der Waals surface area contributed by atoms with Gasteiger partial charge in [-0.15, -0.1) is 0 Å². The number of rotatable bonds is 4. The maximum absolute atomic E-state index is 11.9. The van der Waals surface area contributed by atoms with Crippen LogP contribution in [-0.4, -0.2) is 37.4 Å². The molecule has 6 heteroatoms. The zero-order chi connectivity index (χ0) is 14.1. The largest absolute Gasteiger partial charge is 0.368 e. The van der Waals surface area contributed by atoms with Crippen LogP contribution in [0.1, 0.15) is 51.4 Å². The number of hydrogen-bond donors (Lipinski definition) is 2. The van der Waals surface area contributed by atoms with Crippen molar-refractivity contribution in [1.29, 1.82) is 0 Å². The Balaban J connectivity index is 2.24. The van der Waals surface area contributed by atoms with Gasteiger partial charge in [-0.2, -0.15) is 0 Å². The lowest BCUT2D eigenvalue weighted by Gasteiger charge is -2.37. The Morgan fingerprint density at radius 1 is 1.16 bits per heavy atom. The fourth-order valence-corrected chi connectivity index (χ4v) is 5.31. The second kappa shape index (κ2) is 5.40. The number of nitrogens with two attached hydrogens (primary N) is 1. The minimum Gasteiger partial charge on any atom is -0.368 e. The molecule has 0 aromatic rings. The molecule has 19 heavy (non-hydrogen) atoms. The Kier molecular flexibility index (Phi) is 4.20. The molecule has 3 N–H and O–H groups in total. The minimum atomic E-state index is -3.27. The molecule has 110 valence electrons. The summed E-state index contributed by atoms with van der Waals surface area (Å²) in [5, 5.41) is 2.67. The highest BCUT2D eigenvalue weighted by Gasteiger charge is 2.53. The Hall–Kier alpha value is -0.620. The third-order valence-corrected chi connectivity index (χ3v) is 6.28. The van der Waals surface area contributed by atoms with Crippen LogP contribution in [-0.2, 0) is 14.6 Å². The highest BCUT2D eigenvalue weighted by atomic mass is 32.2. The van der Waals surface area contributed by atoms with Crippen LogP contribution in [0.25, 0.3) is 0 Å². The first-order valence-electron chi connectivity index (χ1n) is 7.13. The van der Waals surface area contributed by atoms with Crippen LogP contribution in [0.4, 0.5) is 0 Å². The Labute approximate surface area is 115 Å². The summed E-state index contributed by atoms with van der Waals surface area (Å²) in [6.07, 6.45) is 8.52. The van der Waals surface area contributed by atoms with Gasteiger partial charge in [0.15, 0.2) is 9.84 Å². The minimum absolute atomic E-state index is 0.226. The summed E-state index contributed by atoms with van der Waals surface area (Å²) in [6.45, 7) is 0. The van der Waals surface area contributed by atoms with E-state index in [-0.39, 0.29) is 6.04 Å². The van der Waals surface area contributed by atoms with Crippen molar-refractivity contribution >= 4 is 15.7 Å². The molecule has 0 aliphatic heterocycles. The lowest BCUT2D eigenvalue weighted by Crippen LogP contribution is -2.64. The normalized spacial score (nSPS) is 33.4. The molecule has 0 saturated heterocycles. The first-order chi connectivity index (χ1) is 8.86. The van der Waals surface area contributed by atoms with Gasteiger partial charge in [-0.1, -0.05) is 19.3 Å². The van der Waals surface area contributed by atoms with E-state index in [0.29, 0.717) is 12.8 Å². The van der Waals surface area contributed by atoms with Crippen molar-refractivity contribution in [2.45, 2.75) is 68.2 Å². The van der Waals surface area contributed by atoms with Crippen molar-refractivity contribution in [3.05, 3.63) is 0 Å². The third kappa shape index (κ3) is 2.94. The van der Waals surface area contributed by atoms with Crippen LogP contribution in [0.5, 0.6) is 0 Å². The summed E-state index contributed by atoms with van der Waals surface area (Å²) >= 11 is 0. The van der Waals surface area contributed by atoms with Gasteiger partial charge in [-0.25, -0.2) is 8.42 Å². The van der Waals surface area contributed by atoms with Crippen molar-refractivity contribution in [3.63, 3.8) is 0 Å². The summed E-state index contributed by atoms with van der Waals surface area (Å²) in [5.74, 6) is -0.508. The van der Waals surface area contributed by atoms with Crippen molar-refractivity contribution in [2.24, 2.45) is 5.73 Å². The van der Waals surface area contributed by atoms with Gasteiger partial charge in [0.05, 0.1) is 5.25 Å². The predicted octanol–water partition coefficient (Wildman–Crippen LogP) is 0.730. The van der Waals surface area contributed by atoms with E-state index in [1.165, 1.54) is 12.7 Å². The SMILES string of the molecule is CS(=O)(=O)C1CCCC1(NC1CCCCC1)C(N)=O. The monoisotopic (exact) mass is 288 g/mol. The molecular weight excluding hydrogens is 264 g/mol. The van der Waals surface area contributed by atoms with Crippen LogP contribution < -0.4 is 11.1 Å². The van der Waals surface area contributed by atoms with Gasteiger partial charge in [0.2, 0.25) is 5.91 Å². The molecule has 0 heterocycles. The first-order valence-corrected chi connectivity index (χ1v) is 9.08. The van der Waals surface area contributed by atoms with Gasteiger partial charge in [0.1, 0.15) is 5.54 Å². The standard InChI is InChI=1S/C13H24N2O3S/c1-19(17,18)11-8-5-9-13(11,12(14)16)15-10-6-3-2-4-7-10/h10-11,15H,2-9H2,1H3,(H2,14,16). The zero-order valence-electron chi connectivity index (χ0n) is 11.5. The molecule has 0 aromatic heterocycles. The van der Waals surface area contributed by atoms with Crippen LogP contribution >= 0.6 is 0 Å². The molecular formula is C13H24N2O3S. The number of nitrogens with one attached hydrogen (secondary N) is 1. The highest BCUT2D eigenvalue weighted by Crippen LogP contribution is 2.36. The summed E-state index contributed by atoms with van der Waals surface area (Å²) in [5.41, 5.74) is 4.53. The number of sulfone groups is 1. The average molecular weight is 288 g/mol. The van der Waals surface area contributed by atoms with Gasteiger partial charge >= 0.3 is 0 Å². The van der Waals surface area contributed by atoms with Crippen LogP contribution in [0.15, 0.2) is 0 Å². The van der Waals surface area contributed by atoms with E-state index >= 15 is 0 Å². The predicted molar refractivity (Wildman–Crippen MR) is 74.4 cm³/mol. The summed E-state index contributed by atoms with van der Waals surface area (Å²) in [6, 6.07) is 0.226.